The summed E-state index contributed by atoms with van der Waals surface area (Å²) in [6, 6.07) is 7.43. The van der Waals surface area contributed by atoms with Gasteiger partial charge in [-0.3, -0.25) is 4.99 Å². The number of hydrogen-bond acceptors (Lipinski definition) is 6. The second-order valence-electron chi connectivity index (χ2n) is 7.43. The summed E-state index contributed by atoms with van der Waals surface area (Å²) in [5.41, 5.74) is 5.02. The number of methoxy groups -OCH3 is 2. The number of benzene rings is 2. The molecule has 0 saturated carbocycles. The molecule has 0 spiro atoms. The van der Waals surface area contributed by atoms with E-state index in [1.165, 1.54) is 7.11 Å². The summed E-state index contributed by atoms with van der Waals surface area (Å²) in [5.74, 6) is 0.311. The topological polar surface area (TPSA) is 75.7 Å². The van der Waals surface area contributed by atoms with Crippen molar-refractivity contribution in [3.05, 3.63) is 46.8 Å². The van der Waals surface area contributed by atoms with Gasteiger partial charge in [-0.2, -0.15) is 0 Å². The summed E-state index contributed by atoms with van der Waals surface area (Å²) in [6.07, 6.45) is 3.21. The minimum Gasteiger partial charge on any atom is -0.508 e. The molecule has 0 aromatic heterocycles. The van der Waals surface area contributed by atoms with Crippen molar-refractivity contribution in [2.24, 2.45) is 10.9 Å². The lowest BCUT2D eigenvalue weighted by molar-refractivity contribution is 0.0600. The SMILES string of the molecule is [C-]#[N+]c1cc(-c2cc(N3CC[C@H](CO)C3)c(C(=O)OC)c3c2N=CC3)ccc1OC. The quantitative estimate of drug-likeness (QED) is 0.605. The van der Waals surface area contributed by atoms with Gasteiger partial charge < -0.3 is 19.5 Å². The molecule has 1 N–H and O–H groups in total. The summed E-state index contributed by atoms with van der Waals surface area (Å²) in [5, 5.41) is 9.57. The molecule has 0 unspecified atom stereocenters. The van der Waals surface area contributed by atoms with E-state index in [0.29, 0.717) is 30.0 Å². The molecular weight excluding hydrogens is 382 g/mol. The van der Waals surface area contributed by atoms with Gasteiger partial charge in [-0.25, -0.2) is 9.64 Å². The first-order valence-electron chi connectivity index (χ1n) is 9.83. The third-order valence-electron chi connectivity index (χ3n) is 5.78. The van der Waals surface area contributed by atoms with Crippen LogP contribution in [0.4, 0.5) is 17.1 Å². The molecule has 154 valence electrons. The zero-order chi connectivity index (χ0) is 21.3. The Hall–Kier alpha value is -3.37. The second-order valence-corrected chi connectivity index (χ2v) is 7.43. The van der Waals surface area contributed by atoms with Crippen LogP contribution in [0, 0.1) is 12.5 Å². The predicted octanol–water partition coefficient (Wildman–Crippen LogP) is 3.78. The normalized spacial score (nSPS) is 17.0. The smallest absolute Gasteiger partial charge is 0.340 e. The van der Waals surface area contributed by atoms with Gasteiger partial charge in [0, 0.05) is 49.4 Å². The molecule has 1 atom stereocenters. The third kappa shape index (κ3) is 3.29. The van der Waals surface area contributed by atoms with Gasteiger partial charge in [-0.15, -0.1) is 0 Å². The summed E-state index contributed by atoms with van der Waals surface area (Å²) in [4.78, 5) is 23.0. The number of aliphatic hydroxyl groups excluding tert-OH is 1. The van der Waals surface area contributed by atoms with E-state index < -0.39 is 0 Å². The van der Waals surface area contributed by atoms with Crippen LogP contribution in [0.5, 0.6) is 5.75 Å². The number of carbonyl (C=O) groups excluding carboxylic acids is 1. The highest BCUT2D eigenvalue weighted by molar-refractivity contribution is 6.05. The summed E-state index contributed by atoms with van der Waals surface area (Å²) >= 11 is 0. The monoisotopic (exact) mass is 405 g/mol. The molecule has 7 heteroatoms. The summed E-state index contributed by atoms with van der Waals surface area (Å²) in [6.45, 7) is 9.01. The van der Waals surface area contributed by atoms with Crippen LogP contribution in [0.2, 0.25) is 0 Å². The molecule has 0 amide bonds. The van der Waals surface area contributed by atoms with Crippen LogP contribution < -0.4 is 9.64 Å². The van der Waals surface area contributed by atoms with Crippen molar-refractivity contribution < 1.29 is 19.4 Å². The lowest BCUT2D eigenvalue weighted by Gasteiger charge is -2.25. The van der Waals surface area contributed by atoms with Crippen LogP contribution in [0.25, 0.3) is 16.0 Å². The van der Waals surface area contributed by atoms with Crippen LogP contribution in [-0.2, 0) is 11.2 Å². The minimum absolute atomic E-state index is 0.123. The molecule has 2 aliphatic rings. The van der Waals surface area contributed by atoms with Gasteiger partial charge in [-0.1, -0.05) is 6.07 Å². The van der Waals surface area contributed by atoms with E-state index in [0.717, 1.165) is 41.0 Å². The number of rotatable bonds is 5. The fourth-order valence-corrected chi connectivity index (χ4v) is 4.23. The first kappa shape index (κ1) is 19.9. The van der Waals surface area contributed by atoms with Gasteiger partial charge in [0.15, 0.2) is 0 Å². The molecule has 2 heterocycles. The second kappa shape index (κ2) is 8.17. The number of aliphatic imine (C=N–C) groups is 1. The van der Waals surface area contributed by atoms with Gasteiger partial charge in [0.1, 0.15) is 5.75 Å². The van der Waals surface area contributed by atoms with E-state index in [2.05, 4.69) is 14.7 Å². The van der Waals surface area contributed by atoms with E-state index in [-0.39, 0.29) is 18.5 Å². The molecular formula is C23H23N3O4. The van der Waals surface area contributed by atoms with Crippen LogP contribution >= 0.6 is 0 Å². The standard InChI is InChI=1S/C23H23N3O4/c1-24-18-10-15(4-5-20(18)29-2)17-11-19(26-9-7-14(12-26)13-27)21(23(28)30-3)16-6-8-25-22(16)17/h4-5,8,10-11,14,27H,6-7,9,12-13H2,2-3H3/t14-/m0/s1. The molecule has 4 rings (SSSR count). The fourth-order valence-electron chi connectivity index (χ4n) is 4.23. The van der Waals surface area contributed by atoms with Gasteiger partial charge >= 0.3 is 5.97 Å². The van der Waals surface area contributed by atoms with Crippen LogP contribution in [0.1, 0.15) is 22.3 Å². The molecule has 0 bridgehead atoms. The number of anilines is 1. The highest BCUT2D eigenvalue weighted by Gasteiger charge is 2.31. The van der Waals surface area contributed by atoms with E-state index in [9.17, 15) is 9.90 Å². The number of carbonyl (C=O) groups is 1. The van der Waals surface area contributed by atoms with Crippen molar-refractivity contribution in [3.8, 4) is 16.9 Å². The molecule has 2 aliphatic heterocycles. The molecule has 0 aliphatic carbocycles. The molecule has 2 aromatic rings. The molecule has 7 nitrogen and oxygen atoms in total. The third-order valence-corrected chi connectivity index (χ3v) is 5.78. The average Bonchev–Trinajstić information content (AvgIpc) is 3.46. The van der Waals surface area contributed by atoms with E-state index >= 15 is 0 Å². The number of ether oxygens (including phenoxy) is 2. The number of nitrogens with zero attached hydrogens (tertiary/aromatic N) is 3. The van der Waals surface area contributed by atoms with Crippen molar-refractivity contribution >= 4 is 29.2 Å². The van der Waals surface area contributed by atoms with Crippen molar-refractivity contribution in [1.29, 1.82) is 0 Å². The van der Waals surface area contributed by atoms with Crippen LogP contribution in [-0.4, -0.2) is 51.2 Å². The zero-order valence-electron chi connectivity index (χ0n) is 17.0. The lowest BCUT2D eigenvalue weighted by atomic mass is 9.93. The van der Waals surface area contributed by atoms with E-state index in [1.807, 2.05) is 12.1 Å². The van der Waals surface area contributed by atoms with Crippen molar-refractivity contribution in [3.63, 3.8) is 0 Å². The van der Waals surface area contributed by atoms with Crippen LogP contribution in [0.15, 0.2) is 29.3 Å². The van der Waals surface area contributed by atoms with Crippen molar-refractivity contribution in [2.75, 3.05) is 38.8 Å². The van der Waals surface area contributed by atoms with Gasteiger partial charge in [0.25, 0.3) is 0 Å². The number of hydrogen-bond donors (Lipinski definition) is 1. The Morgan fingerprint density at radius 3 is 2.87 bits per heavy atom. The van der Waals surface area contributed by atoms with Crippen LogP contribution in [0.3, 0.4) is 0 Å². The number of fused-ring (bicyclic) bond motifs is 1. The molecule has 0 radical (unpaired) electrons. The number of aliphatic hydroxyl groups is 1. The molecule has 1 saturated heterocycles. The maximum absolute atomic E-state index is 12.7. The maximum Gasteiger partial charge on any atom is 0.340 e. The Morgan fingerprint density at radius 1 is 1.37 bits per heavy atom. The molecule has 2 aromatic carbocycles. The largest absolute Gasteiger partial charge is 0.508 e. The molecule has 1 fully saturated rings. The Kier molecular flexibility index (Phi) is 5.42. The predicted molar refractivity (Wildman–Crippen MR) is 115 cm³/mol. The van der Waals surface area contributed by atoms with Gasteiger partial charge in [0.05, 0.1) is 37.7 Å². The summed E-state index contributed by atoms with van der Waals surface area (Å²) < 4.78 is 10.4. The van der Waals surface area contributed by atoms with Gasteiger partial charge in [0.2, 0.25) is 5.69 Å². The lowest BCUT2D eigenvalue weighted by Crippen LogP contribution is -2.24. The Morgan fingerprint density at radius 2 is 2.20 bits per heavy atom. The Labute approximate surface area is 175 Å². The Bertz CT molecular complexity index is 1070. The Balaban J connectivity index is 1.92. The van der Waals surface area contributed by atoms with Gasteiger partial charge in [-0.05, 0) is 30.2 Å². The van der Waals surface area contributed by atoms with Crippen molar-refractivity contribution in [1.82, 2.24) is 0 Å². The number of esters is 1. The van der Waals surface area contributed by atoms with Crippen molar-refractivity contribution in [2.45, 2.75) is 12.8 Å². The van der Waals surface area contributed by atoms with E-state index in [1.54, 1.807) is 25.5 Å². The first-order valence-corrected chi connectivity index (χ1v) is 9.83. The average molecular weight is 405 g/mol. The zero-order valence-corrected chi connectivity index (χ0v) is 17.0. The highest BCUT2D eigenvalue weighted by Crippen LogP contribution is 2.45. The van der Waals surface area contributed by atoms with E-state index in [4.69, 9.17) is 16.0 Å². The summed E-state index contributed by atoms with van der Waals surface area (Å²) in [7, 11) is 2.92. The maximum atomic E-state index is 12.7. The molecule has 30 heavy (non-hydrogen) atoms. The highest BCUT2D eigenvalue weighted by atomic mass is 16.5. The minimum atomic E-state index is -0.387. The first-order chi connectivity index (χ1) is 14.6. The fraction of sp³-hybridized carbons (Fsp3) is 0.348.